The third kappa shape index (κ3) is 4.52. The van der Waals surface area contributed by atoms with E-state index in [-0.39, 0.29) is 13.0 Å². The van der Waals surface area contributed by atoms with Crippen LogP contribution in [0.25, 0.3) is 0 Å². The molecule has 1 heterocycles. The maximum atomic E-state index is 11.3. The second kappa shape index (κ2) is 6.90. The molecule has 0 aromatic carbocycles. The fourth-order valence-corrected chi connectivity index (χ4v) is 1.12. The van der Waals surface area contributed by atoms with Gasteiger partial charge in [0, 0.05) is 19.4 Å². The Morgan fingerprint density at radius 2 is 2.39 bits per heavy atom. The lowest BCUT2D eigenvalue weighted by Crippen LogP contribution is -2.46. The van der Waals surface area contributed by atoms with Gasteiger partial charge in [0.25, 0.3) is 0 Å². The second-order valence-corrected chi connectivity index (χ2v) is 3.28. The SMILES string of the molecule is C#CCC(NC(=O)NCCc1ncno1)C(=O)O. The Bertz CT molecular complexity index is 437. The molecule has 1 atom stereocenters. The summed E-state index contributed by atoms with van der Waals surface area (Å²) in [6.45, 7) is 0.246. The molecule has 0 aliphatic rings. The third-order valence-electron chi connectivity index (χ3n) is 1.96. The van der Waals surface area contributed by atoms with Gasteiger partial charge in [0.15, 0.2) is 6.33 Å². The Kier molecular flexibility index (Phi) is 5.18. The predicted octanol–water partition coefficient (Wildman–Crippen LogP) is -0.612. The monoisotopic (exact) mass is 252 g/mol. The van der Waals surface area contributed by atoms with Crippen LogP contribution in [0.1, 0.15) is 12.3 Å². The number of terminal acetylenes is 1. The maximum absolute atomic E-state index is 11.3. The number of hydrogen-bond donors (Lipinski definition) is 3. The molecule has 3 N–H and O–H groups in total. The molecule has 1 rings (SSSR count). The van der Waals surface area contributed by atoms with Gasteiger partial charge in [-0.3, -0.25) is 0 Å². The van der Waals surface area contributed by atoms with Crippen molar-refractivity contribution < 1.29 is 19.2 Å². The Balaban J connectivity index is 2.28. The molecule has 0 radical (unpaired) electrons. The summed E-state index contributed by atoms with van der Waals surface area (Å²) in [5, 5.41) is 16.9. The molecule has 1 aromatic rings. The van der Waals surface area contributed by atoms with Crippen molar-refractivity contribution in [3.05, 3.63) is 12.2 Å². The lowest BCUT2D eigenvalue weighted by atomic mass is 10.2. The van der Waals surface area contributed by atoms with Gasteiger partial charge in [0.05, 0.1) is 0 Å². The summed E-state index contributed by atoms with van der Waals surface area (Å²) in [6.07, 6.45) is 6.53. The van der Waals surface area contributed by atoms with Gasteiger partial charge in [-0.2, -0.15) is 4.98 Å². The Morgan fingerprint density at radius 1 is 1.61 bits per heavy atom. The number of carbonyl (C=O) groups excluding carboxylic acids is 1. The van der Waals surface area contributed by atoms with Gasteiger partial charge in [-0.05, 0) is 0 Å². The molecule has 0 aliphatic carbocycles. The van der Waals surface area contributed by atoms with Crippen LogP contribution in [-0.4, -0.2) is 39.8 Å². The summed E-state index contributed by atoms with van der Waals surface area (Å²) in [5.41, 5.74) is 0. The summed E-state index contributed by atoms with van der Waals surface area (Å²) < 4.78 is 4.72. The van der Waals surface area contributed by atoms with Gasteiger partial charge in [-0.1, -0.05) is 5.16 Å². The number of nitrogens with one attached hydrogen (secondary N) is 2. The first-order valence-corrected chi connectivity index (χ1v) is 5.09. The molecule has 1 aromatic heterocycles. The summed E-state index contributed by atoms with van der Waals surface area (Å²) in [5.74, 6) is 1.38. The fourth-order valence-electron chi connectivity index (χ4n) is 1.12. The van der Waals surface area contributed by atoms with Gasteiger partial charge in [-0.15, -0.1) is 12.3 Å². The van der Waals surface area contributed by atoms with Crippen molar-refractivity contribution in [2.24, 2.45) is 0 Å². The first kappa shape index (κ1) is 13.5. The van der Waals surface area contributed by atoms with Crippen molar-refractivity contribution in [2.75, 3.05) is 6.54 Å². The molecule has 0 saturated heterocycles. The normalized spacial score (nSPS) is 11.3. The molecule has 0 bridgehead atoms. The molecule has 2 amide bonds. The Labute approximate surface area is 103 Å². The van der Waals surface area contributed by atoms with E-state index in [9.17, 15) is 9.59 Å². The van der Waals surface area contributed by atoms with E-state index in [1.54, 1.807) is 0 Å². The highest BCUT2D eigenvalue weighted by atomic mass is 16.5. The van der Waals surface area contributed by atoms with Crippen molar-refractivity contribution >= 4 is 12.0 Å². The van der Waals surface area contributed by atoms with Crippen LogP contribution in [0.15, 0.2) is 10.9 Å². The number of rotatable bonds is 6. The number of aliphatic carboxylic acids is 1. The highest BCUT2D eigenvalue weighted by Gasteiger charge is 2.18. The number of aromatic nitrogens is 2. The van der Waals surface area contributed by atoms with E-state index >= 15 is 0 Å². The molecule has 18 heavy (non-hydrogen) atoms. The number of hydrogen-bond acceptors (Lipinski definition) is 5. The van der Waals surface area contributed by atoms with Crippen LogP contribution >= 0.6 is 0 Å². The first-order chi connectivity index (χ1) is 8.63. The zero-order valence-corrected chi connectivity index (χ0v) is 9.42. The zero-order valence-electron chi connectivity index (χ0n) is 9.42. The highest BCUT2D eigenvalue weighted by Crippen LogP contribution is 1.92. The van der Waals surface area contributed by atoms with E-state index in [1.807, 2.05) is 0 Å². The average molecular weight is 252 g/mol. The molecule has 8 heteroatoms. The largest absolute Gasteiger partial charge is 0.480 e. The van der Waals surface area contributed by atoms with Gasteiger partial charge in [0.2, 0.25) is 5.89 Å². The van der Waals surface area contributed by atoms with Crippen molar-refractivity contribution in [1.82, 2.24) is 20.8 Å². The molecule has 0 saturated carbocycles. The second-order valence-electron chi connectivity index (χ2n) is 3.28. The van der Waals surface area contributed by atoms with Gasteiger partial charge in [0.1, 0.15) is 6.04 Å². The molecule has 0 fully saturated rings. The van der Waals surface area contributed by atoms with E-state index in [1.165, 1.54) is 6.33 Å². The third-order valence-corrected chi connectivity index (χ3v) is 1.96. The lowest BCUT2D eigenvalue weighted by Gasteiger charge is -2.12. The number of urea groups is 1. The molecule has 0 spiro atoms. The van der Waals surface area contributed by atoms with Crippen LogP contribution in [0.4, 0.5) is 4.79 Å². The molecular formula is C10H12N4O4. The van der Waals surface area contributed by atoms with E-state index < -0.39 is 18.0 Å². The van der Waals surface area contributed by atoms with E-state index in [2.05, 4.69) is 26.7 Å². The Morgan fingerprint density at radius 3 is 2.94 bits per heavy atom. The van der Waals surface area contributed by atoms with Gasteiger partial charge in [-0.25, -0.2) is 9.59 Å². The maximum Gasteiger partial charge on any atom is 0.327 e. The van der Waals surface area contributed by atoms with Crippen molar-refractivity contribution in [3.63, 3.8) is 0 Å². The Hall–Kier alpha value is -2.56. The van der Waals surface area contributed by atoms with Crippen LogP contribution in [0, 0.1) is 12.3 Å². The quantitative estimate of drug-likeness (QED) is 0.581. The number of carboxylic acid groups (broad SMARTS) is 1. The smallest absolute Gasteiger partial charge is 0.327 e. The van der Waals surface area contributed by atoms with Gasteiger partial charge >= 0.3 is 12.0 Å². The predicted molar refractivity (Wildman–Crippen MR) is 59.4 cm³/mol. The van der Waals surface area contributed by atoms with Crippen LogP contribution < -0.4 is 10.6 Å². The number of carboxylic acids is 1. The number of amides is 2. The number of carbonyl (C=O) groups is 2. The molecule has 1 unspecified atom stereocenters. The number of nitrogens with zero attached hydrogens (tertiary/aromatic N) is 2. The van der Waals surface area contributed by atoms with E-state index in [0.717, 1.165) is 0 Å². The fraction of sp³-hybridized carbons (Fsp3) is 0.400. The minimum absolute atomic E-state index is 0.0770. The zero-order chi connectivity index (χ0) is 13.4. The molecule has 96 valence electrons. The van der Waals surface area contributed by atoms with E-state index in [0.29, 0.717) is 12.3 Å². The topological polar surface area (TPSA) is 117 Å². The molecule has 0 aliphatic heterocycles. The summed E-state index contributed by atoms with van der Waals surface area (Å²) in [7, 11) is 0. The summed E-state index contributed by atoms with van der Waals surface area (Å²) >= 11 is 0. The van der Waals surface area contributed by atoms with Crippen molar-refractivity contribution in [3.8, 4) is 12.3 Å². The standard InChI is InChI=1S/C10H12N4O4/c1-2-3-7(9(15)16)14-10(17)11-5-4-8-12-6-13-18-8/h1,6-7H,3-5H2,(H,15,16)(H2,11,14,17). The summed E-state index contributed by atoms with van der Waals surface area (Å²) in [4.78, 5) is 25.8. The summed E-state index contributed by atoms with van der Waals surface area (Å²) in [6, 6.07) is -1.71. The highest BCUT2D eigenvalue weighted by molar-refractivity contribution is 5.82. The first-order valence-electron chi connectivity index (χ1n) is 5.09. The lowest BCUT2D eigenvalue weighted by molar-refractivity contribution is -0.139. The van der Waals surface area contributed by atoms with Crippen LogP contribution in [0.3, 0.4) is 0 Å². The average Bonchev–Trinajstić information content (AvgIpc) is 2.81. The van der Waals surface area contributed by atoms with Crippen LogP contribution in [-0.2, 0) is 11.2 Å². The van der Waals surface area contributed by atoms with Crippen molar-refractivity contribution in [1.29, 1.82) is 0 Å². The van der Waals surface area contributed by atoms with Gasteiger partial charge < -0.3 is 20.3 Å². The van der Waals surface area contributed by atoms with Crippen molar-refractivity contribution in [2.45, 2.75) is 18.9 Å². The minimum Gasteiger partial charge on any atom is -0.480 e. The van der Waals surface area contributed by atoms with E-state index in [4.69, 9.17) is 16.1 Å². The minimum atomic E-state index is -1.18. The van der Waals surface area contributed by atoms with Crippen LogP contribution in [0.5, 0.6) is 0 Å². The molecular weight excluding hydrogens is 240 g/mol. The van der Waals surface area contributed by atoms with Crippen LogP contribution in [0.2, 0.25) is 0 Å². The molecule has 8 nitrogen and oxygen atoms in total.